The molecule has 1 saturated heterocycles. The normalized spacial score (nSPS) is 20.4. The van der Waals surface area contributed by atoms with Gasteiger partial charge in [-0.15, -0.1) is 0 Å². The average Bonchev–Trinajstić information content (AvgIpc) is 3.11. The van der Waals surface area contributed by atoms with Crippen LogP contribution in [0.4, 0.5) is 4.79 Å². The van der Waals surface area contributed by atoms with Crippen molar-refractivity contribution >= 4 is 11.9 Å². The van der Waals surface area contributed by atoms with Crippen LogP contribution in [0.1, 0.15) is 30.4 Å². The minimum Gasteiger partial charge on any atom is -0.497 e. The van der Waals surface area contributed by atoms with Crippen LogP contribution in [0.5, 0.6) is 5.75 Å². The summed E-state index contributed by atoms with van der Waals surface area (Å²) in [5.74, 6) is 1.03. The smallest absolute Gasteiger partial charge is 0.325 e. The van der Waals surface area contributed by atoms with Crippen molar-refractivity contribution in [3.8, 4) is 5.75 Å². The number of amides is 3. The number of hydrogen-bond donors (Lipinski definition) is 1. The van der Waals surface area contributed by atoms with Crippen molar-refractivity contribution in [2.75, 3.05) is 7.11 Å². The molecule has 1 aliphatic heterocycles. The summed E-state index contributed by atoms with van der Waals surface area (Å²) in [7, 11) is 1.58. The number of carbonyl (C=O) groups is 2. The van der Waals surface area contributed by atoms with E-state index in [9.17, 15) is 9.59 Å². The van der Waals surface area contributed by atoms with Gasteiger partial charge >= 0.3 is 6.03 Å². The molecule has 7 nitrogen and oxygen atoms in total. The number of nitrogens with one attached hydrogen (secondary N) is 1. The molecule has 1 fully saturated rings. The molecule has 7 heteroatoms. The molecular formula is C17H19N3O4. The molecule has 0 spiro atoms. The van der Waals surface area contributed by atoms with Gasteiger partial charge in [-0.05, 0) is 31.0 Å². The van der Waals surface area contributed by atoms with E-state index >= 15 is 0 Å². The molecule has 3 amide bonds. The van der Waals surface area contributed by atoms with Crippen molar-refractivity contribution in [1.29, 1.82) is 0 Å². The topological polar surface area (TPSA) is 84.7 Å². The highest BCUT2D eigenvalue weighted by Gasteiger charge is 2.51. The molecular weight excluding hydrogens is 310 g/mol. The zero-order chi connectivity index (χ0) is 17.3. The Hall–Kier alpha value is -2.83. The van der Waals surface area contributed by atoms with Crippen LogP contribution in [-0.2, 0) is 16.9 Å². The van der Waals surface area contributed by atoms with Crippen LogP contribution in [0.25, 0.3) is 0 Å². The Labute approximate surface area is 139 Å². The van der Waals surface area contributed by atoms with Crippen molar-refractivity contribution in [3.05, 3.63) is 47.3 Å². The van der Waals surface area contributed by atoms with Gasteiger partial charge in [0.15, 0.2) is 0 Å². The second-order valence-electron chi connectivity index (χ2n) is 5.74. The third-order valence-electron chi connectivity index (χ3n) is 4.29. The number of benzene rings is 1. The number of carbonyl (C=O) groups excluding carboxylic acids is 2. The highest BCUT2D eigenvalue weighted by Crippen LogP contribution is 2.34. The summed E-state index contributed by atoms with van der Waals surface area (Å²) >= 11 is 0. The summed E-state index contributed by atoms with van der Waals surface area (Å²) in [5, 5.41) is 6.69. The number of ether oxygens (including phenoxy) is 1. The molecule has 0 bridgehead atoms. The lowest BCUT2D eigenvalue weighted by Gasteiger charge is -2.25. The Kier molecular flexibility index (Phi) is 4.01. The van der Waals surface area contributed by atoms with E-state index in [2.05, 4.69) is 10.5 Å². The van der Waals surface area contributed by atoms with E-state index in [0.29, 0.717) is 23.6 Å². The predicted octanol–water partition coefficient (Wildman–Crippen LogP) is 2.35. The number of aryl methyl sites for hydroxylation is 1. The Balaban J connectivity index is 1.91. The molecule has 1 aromatic heterocycles. The SMILES string of the molecule is CCC1(c2ccc(OC)cc2)NC(=O)N(Cc2cc(C)on2)C1=O. The first-order valence-electron chi connectivity index (χ1n) is 7.71. The molecule has 0 radical (unpaired) electrons. The lowest BCUT2D eigenvalue weighted by Crippen LogP contribution is -2.43. The summed E-state index contributed by atoms with van der Waals surface area (Å²) in [6, 6.07) is 8.42. The zero-order valence-corrected chi connectivity index (χ0v) is 13.8. The molecule has 2 heterocycles. The van der Waals surface area contributed by atoms with E-state index in [1.165, 1.54) is 4.90 Å². The molecule has 3 rings (SSSR count). The van der Waals surface area contributed by atoms with Crippen molar-refractivity contribution < 1.29 is 18.8 Å². The van der Waals surface area contributed by atoms with Crippen LogP contribution in [0.3, 0.4) is 0 Å². The Morgan fingerprint density at radius 3 is 2.54 bits per heavy atom. The third kappa shape index (κ3) is 2.51. The number of hydrogen-bond acceptors (Lipinski definition) is 5. The average molecular weight is 329 g/mol. The number of urea groups is 1. The first-order chi connectivity index (χ1) is 11.5. The highest BCUT2D eigenvalue weighted by molar-refractivity contribution is 6.07. The Bertz CT molecular complexity index is 768. The van der Waals surface area contributed by atoms with Gasteiger partial charge in [0.05, 0.1) is 13.7 Å². The highest BCUT2D eigenvalue weighted by atomic mass is 16.5. The van der Waals surface area contributed by atoms with Gasteiger partial charge in [0.1, 0.15) is 22.7 Å². The van der Waals surface area contributed by atoms with Gasteiger partial charge in [-0.2, -0.15) is 0 Å². The van der Waals surface area contributed by atoms with Gasteiger partial charge in [-0.1, -0.05) is 24.2 Å². The Morgan fingerprint density at radius 1 is 1.29 bits per heavy atom. The maximum absolute atomic E-state index is 13.0. The van der Waals surface area contributed by atoms with Crippen LogP contribution in [0, 0.1) is 6.92 Å². The fourth-order valence-electron chi connectivity index (χ4n) is 2.94. The summed E-state index contributed by atoms with van der Waals surface area (Å²) < 4.78 is 10.1. The van der Waals surface area contributed by atoms with Gasteiger partial charge in [0.25, 0.3) is 5.91 Å². The van der Waals surface area contributed by atoms with Crippen LogP contribution in [-0.4, -0.2) is 29.1 Å². The second kappa shape index (κ2) is 5.99. The van der Waals surface area contributed by atoms with Crippen LogP contribution in [0.2, 0.25) is 0 Å². The molecule has 1 atom stereocenters. The maximum atomic E-state index is 13.0. The van der Waals surface area contributed by atoms with Crippen molar-refractivity contribution in [3.63, 3.8) is 0 Å². The summed E-state index contributed by atoms with van der Waals surface area (Å²) in [4.78, 5) is 26.5. The van der Waals surface area contributed by atoms with Crippen molar-refractivity contribution in [2.24, 2.45) is 0 Å². The van der Waals surface area contributed by atoms with Gasteiger partial charge in [0, 0.05) is 6.07 Å². The first kappa shape index (κ1) is 16.0. The summed E-state index contributed by atoms with van der Waals surface area (Å²) in [5.41, 5.74) is 0.197. The fraction of sp³-hybridized carbons (Fsp3) is 0.353. The van der Waals surface area contributed by atoms with E-state index in [0.717, 1.165) is 5.56 Å². The van der Waals surface area contributed by atoms with Crippen LogP contribution in [0.15, 0.2) is 34.9 Å². The number of methoxy groups -OCH3 is 1. The zero-order valence-electron chi connectivity index (χ0n) is 13.8. The van der Waals surface area contributed by atoms with Gasteiger partial charge < -0.3 is 14.6 Å². The van der Waals surface area contributed by atoms with Gasteiger partial charge in [-0.3, -0.25) is 9.69 Å². The molecule has 1 aliphatic rings. The van der Waals surface area contributed by atoms with Gasteiger partial charge in [-0.25, -0.2) is 4.79 Å². The van der Waals surface area contributed by atoms with E-state index < -0.39 is 11.6 Å². The maximum Gasteiger partial charge on any atom is 0.325 e. The minimum atomic E-state index is -1.07. The first-order valence-corrected chi connectivity index (χ1v) is 7.71. The number of rotatable bonds is 5. The molecule has 0 aliphatic carbocycles. The molecule has 2 aromatic rings. The van der Waals surface area contributed by atoms with Crippen molar-refractivity contribution in [2.45, 2.75) is 32.4 Å². The largest absolute Gasteiger partial charge is 0.497 e. The van der Waals surface area contributed by atoms with Crippen LogP contribution < -0.4 is 10.1 Å². The predicted molar refractivity (Wildman–Crippen MR) is 85.3 cm³/mol. The fourth-order valence-corrected chi connectivity index (χ4v) is 2.94. The van der Waals surface area contributed by atoms with E-state index in [-0.39, 0.29) is 12.5 Å². The molecule has 24 heavy (non-hydrogen) atoms. The minimum absolute atomic E-state index is 0.0832. The quantitative estimate of drug-likeness (QED) is 0.851. The van der Waals surface area contributed by atoms with E-state index in [1.807, 2.05) is 6.92 Å². The molecule has 1 unspecified atom stereocenters. The molecule has 1 N–H and O–H groups in total. The monoisotopic (exact) mass is 329 g/mol. The number of imide groups is 1. The second-order valence-corrected chi connectivity index (χ2v) is 5.74. The molecule has 126 valence electrons. The summed E-state index contributed by atoms with van der Waals surface area (Å²) in [6.45, 7) is 3.71. The lowest BCUT2D eigenvalue weighted by atomic mass is 9.87. The third-order valence-corrected chi connectivity index (χ3v) is 4.29. The summed E-state index contributed by atoms with van der Waals surface area (Å²) in [6.07, 6.45) is 0.443. The Morgan fingerprint density at radius 2 is 2.00 bits per heavy atom. The number of aromatic nitrogens is 1. The van der Waals surface area contributed by atoms with Crippen LogP contribution >= 0.6 is 0 Å². The standard InChI is InChI=1S/C17H19N3O4/c1-4-17(12-5-7-14(23-3)8-6-12)15(21)20(16(22)18-17)10-13-9-11(2)24-19-13/h5-9H,4,10H2,1-3H3,(H,18,22). The van der Waals surface area contributed by atoms with E-state index in [4.69, 9.17) is 9.26 Å². The molecule has 0 saturated carbocycles. The number of nitrogens with zero attached hydrogens (tertiary/aromatic N) is 2. The van der Waals surface area contributed by atoms with Gasteiger partial charge in [0.2, 0.25) is 0 Å². The molecule has 1 aromatic carbocycles. The van der Waals surface area contributed by atoms with E-state index in [1.54, 1.807) is 44.4 Å². The van der Waals surface area contributed by atoms with Crippen molar-refractivity contribution in [1.82, 2.24) is 15.4 Å². The lowest BCUT2D eigenvalue weighted by molar-refractivity contribution is -0.132.